The van der Waals surface area contributed by atoms with E-state index in [-0.39, 0.29) is 0 Å². The van der Waals surface area contributed by atoms with E-state index >= 15 is 0 Å². The molecule has 0 aliphatic carbocycles. The zero-order valence-electron chi connectivity index (χ0n) is 11.5. The van der Waals surface area contributed by atoms with E-state index < -0.39 is 24.9 Å². The van der Waals surface area contributed by atoms with E-state index in [9.17, 15) is 18.3 Å². The number of benzene rings is 1. The monoisotopic (exact) mass is 293 g/mol. The van der Waals surface area contributed by atoms with Crippen molar-refractivity contribution < 1.29 is 27.8 Å². The van der Waals surface area contributed by atoms with E-state index in [1.54, 1.807) is 18.2 Å². The summed E-state index contributed by atoms with van der Waals surface area (Å²) in [7, 11) is 2.86. The Bertz CT molecular complexity index is 451. The highest BCUT2D eigenvalue weighted by Crippen LogP contribution is 2.33. The van der Waals surface area contributed by atoms with Gasteiger partial charge in [0.1, 0.15) is 11.5 Å². The number of ether oxygens (including phenoxy) is 2. The molecule has 4 nitrogen and oxygen atoms in total. The Balaban J connectivity index is 3.14. The normalized spacial score (nSPS) is 14.8. The van der Waals surface area contributed by atoms with Gasteiger partial charge < -0.3 is 14.6 Å². The minimum absolute atomic E-state index is 0.372. The van der Waals surface area contributed by atoms with Crippen LogP contribution in [0.2, 0.25) is 0 Å². The minimum Gasteiger partial charge on any atom is -0.497 e. The molecule has 114 valence electrons. The van der Waals surface area contributed by atoms with Gasteiger partial charge in [-0.15, -0.1) is 0 Å². The molecule has 1 unspecified atom stereocenters. The van der Waals surface area contributed by atoms with Gasteiger partial charge in [-0.25, -0.2) is 0 Å². The van der Waals surface area contributed by atoms with Gasteiger partial charge in [-0.2, -0.15) is 13.2 Å². The summed E-state index contributed by atoms with van der Waals surface area (Å²) in [6, 6.07) is 4.75. The fraction of sp³-hybridized carbons (Fsp3) is 0.538. The van der Waals surface area contributed by atoms with Crippen LogP contribution in [0.1, 0.15) is 12.5 Å². The molecule has 1 atom stereocenters. The summed E-state index contributed by atoms with van der Waals surface area (Å²) in [5, 5.41) is 11.8. The van der Waals surface area contributed by atoms with Gasteiger partial charge in [0.2, 0.25) is 0 Å². The van der Waals surface area contributed by atoms with E-state index in [1.165, 1.54) is 21.1 Å². The summed E-state index contributed by atoms with van der Waals surface area (Å²) in [6.07, 6.45) is -4.37. The molecule has 2 N–H and O–H groups in total. The molecule has 20 heavy (non-hydrogen) atoms. The highest BCUT2D eigenvalue weighted by Gasteiger charge is 2.35. The van der Waals surface area contributed by atoms with Gasteiger partial charge in [0.15, 0.2) is 0 Å². The summed E-state index contributed by atoms with van der Waals surface area (Å²) < 4.78 is 47.3. The van der Waals surface area contributed by atoms with Gasteiger partial charge in [0.05, 0.1) is 32.9 Å². The van der Waals surface area contributed by atoms with Crippen molar-refractivity contribution in [2.45, 2.75) is 18.6 Å². The Kier molecular flexibility index (Phi) is 5.24. The number of hydrogen-bond acceptors (Lipinski definition) is 4. The third-order valence-corrected chi connectivity index (χ3v) is 3.00. The number of nitrogens with one attached hydrogen (secondary N) is 1. The van der Waals surface area contributed by atoms with Crippen molar-refractivity contribution in [1.29, 1.82) is 0 Å². The Morgan fingerprint density at radius 1 is 1.20 bits per heavy atom. The molecule has 0 bridgehead atoms. The summed E-state index contributed by atoms with van der Waals surface area (Å²) in [5.41, 5.74) is -0.902. The van der Waals surface area contributed by atoms with E-state index in [4.69, 9.17) is 9.47 Å². The molecule has 0 saturated carbocycles. The van der Waals surface area contributed by atoms with Crippen molar-refractivity contribution in [2.75, 3.05) is 27.4 Å². The standard InChI is InChI=1S/C13H18F3NO3/c1-12(8-18,17-7-13(14,15)16)10-6-9(19-2)4-5-11(10)20-3/h4-6,17-18H,7-8H2,1-3H3. The average molecular weight is 293 g/mol. The summed E-state index contributed by atoms with van der Waals surface area (Å²) in [4.78, 5) is 0. The van der Waals surface area contributed by atoms with Crippen LogP contribution in [-0.2, 0) is 5.54 Å². The molecule has 0 fully saturated rings. The fourth-order valence-corrected chi connectivity index (χ4v) is 1.78. The average Bonchev–Trinajstić information content (AvgIpc) is 2.43. The molecule has 0 heterocycles. The number of aliphatic hydroxyl groups is 1. The summed E-state index contributed by atoms with van der Waals surface area (Å²) in [5.74, 6) is 0.839. The van der Waals surface area contributed by atoms with Crippen LogP contribution in [0, 0.1) is 0 Å². The molecule has 0 spiro atoms. The third kappa shape index (κ3) is 4.01. The van der Waals surface area contributed by atoms with Crippen molar-refractivity contribution in [3.8, 4) is 11.5 Å². The lowest BCUT2D eigenvalue weighted by Crippen LogP contribution is -2.47. The first kappa shape index (κ1) is 16.6. The lowest BCUT2D eigenvalue weighted by atomic mass is 9.91. The molecule has 7 heteroatoms. The number of halogens is 3. The van der Waals surface area contributed by atoms with Crippen LogP contribution >= 0.6 is 0 Å². The first-order chi connectivity index (χ1) is 9.25. The topological polar surface area (TPSA) is 50.7 Å². The van der Waals surface area contributed by atoms with Gasteiger partial charge >= 0.3 is 6.18 Å². The summed E-state index contributed by atoms with van der Waals surface area (Å²) in [6.45, 7) is -0.271. The van der Waals surface area contributed by atoms with Gasteiger partial charge in [-0.3, -0.25) is 5.32 Å². The van der Waals surface area contributed by atoms with Crippen LogP contribution in [0.5, 0.6) is 11.5 Å². The van der Waals surface area contributed by atoms with Crippen LogP contribution in [0.15, 0.2) is 18.2 Å². The molecule has 0 aliphatic rings. The largest absolute Gasteiger partial charge is 0.497 e. The molecular formula is C13H18F3NO3. The molecule has 0 aliphatic heterocycles. The maximum Gasteiger partial charge on any atom is 0.401 e. The molecule has 1 aromatic carbocycles. The van der Waals surface area contributed by atoms with E-state index in [2.05, 4.69) is 5.32 Å². The second-order valence-corrected chi connectivity index (χ2v) is 4.53. The van der Waals surface area contributed by atoms with Gasteiger partial charge in [0.25, 0.3) is 0 Å². The molecule has 0 saturated heterocycles. The molecular weight excluding hydrogens is 275 g/mol. The first-order valence-corrected chi connectivity index (χ1v) is 5.91. The van der Waals surface area contributed by atoms with Crippen LogP contribution in [-0.4, -0.2) is 38.7 Å². The van der Waals surface area contributed by atoms with Crippen LogP contribution in [0.25, 0.3) is 0 Å². The Labute approximate surface area is 115 Å². The smallest absolute Gasteiger partial charge is 0.401 e. The van der Waals surface area contributed by atoms with E-state index in [0.717, 1.165) is 0 Å². The second-order valence-electron chi connectivity index (χ2n) is 4.53. The molecule has 1 rings (SSSR count). The number of rotatable bonds is 6. The second kappa shape index (κ2) is 6.32. The van der Waals surface area contributed by atoms with Crippen molar-refractivity contribution in [2.24, 2.45) is 0 Å². The van der Waals surface area contributed by atoms with Crippen molar-refractivity contribution >= 4 is 0 Å². The van der Waals surface area contributed by atoms with Crippen LogP contribution in [0.4, 0.5) is 13.2 Å². The first-order valence-electron chi connectivity index (χ1n) is 5.91. The van der Waals surface area contributed by atoms with Gasteiger partial charge in [-0.1, -0.05) is 0 Å². The minimum atomic E-state index is -4.37. The Morgan fingerprint density at radius 3 is 2.30 bits per heavy atom. The fourth-order valence-electron chi connectivity index (χ4n) is 1.78. The van der Waals surface area contributed by atoms with E-state index in [0.29, 0.717) is 17.1 Å². The highest BCUT2D eigenvalue weighted by atomic mass is 19.4. The van der Waals surface area contributed by atoms with Gasteiger partial charge in [-0.05, 0) is 25.1 Å². The predicted molar refractivity (Wildman–Crippen MR) is 68.0 cm³/mol. The zero-order chi connectivity index (χ0) is 15.4. The Hall–Kier alpha value is -1.47. The highest BCUT2D eigenvalue weighted by molar-refractivity contribution is 5.44. The number of methoxy groups -OCH3 is 2. The number of alkyl halides is 3. The molecule has 0 radical (unpaired) electrons. The lowest BCUT2D eigenvalue weighted by molar-refractivity contribution is -0.129. The molecule has 0 aromatic heterocycles. The maximum atomic E-state index is 12.4. The summed E-state index contributed by atoms with van der Waals surface area (Å²) >= 11 is 0. The third-order valence-electron chi connectivity index (χ3n) is 3.00. The maximum absolute atomic E-state index is 12.4. The number of aliphatic hydroxyl groups excluding tert-OH is 1. The van der Waals surface area contributed by atoms with Crippen molar-refractivity contribution in [3.63, 3.8) is 0 Å². The predicted octanol–water partition coefficient (Wildman–Crippen LogP) is 2.06. The van der Waals surface area contributed by atoms with Gasteiger partial charge in [0, 0.05) is 5.56 Å². The van der Waals surface area contributed by atoms with Crippen LogP contribution in [0.3, 0.4) is 0 Å². The Morgan fingerprint density at radius 2 is 1.85 bits per heavy atom. The lowest BCUT2D eigenvalue weighted by Gasteiger charge is -2.31. The SMILES string of the molecule is COc1ccc(OC)c(C(C)(CO)NCC(F)(F)F)c1. The molecule has 0 amide bonds. The zero-order valence-corrected chi connectivity index (χ0v) is 11.5. The quantitative estimate of drug-likeness (QED) is 0.843. The van der Waals surface area contributed by atoms with Crippen LogP contribution < -0.4 is 14.8 Å². The molecule has 1 aromatic rings. The number of hydrogen-bond donors (Lipinski definition) is 2. The van der Waals surface area contributed by atoms with Crippen molar-refractivity contribution in [3.05, 3.63) is 23.8 Å². The van der Waals surface area contributed by atoms with Crippen molar-refractivity contribution in [1.82, 2.24) is 5.32 Å². The van der Waals surface area contributed by atoms with E-state index in [1.807, 2.05) is 0 Å².